The van der Waals surface area contributed by atoms with Gasteiger partial charge in [-0.2, -0.15) is 5.10 Å². The first kappa shape index (κ1) is 19.1. The van der Waals surface area contributed by atoms with Crippen molar-refractivity contribution >= 4 is 46.1 Å². The van der Waals surface area contributed by atoms with Gasteiger partial charge in [0.15, 0.2) is 5.75 Å². The van der Waals surface area contributed by atoms with E-state index in [2.05, 4.69) is 20.2 Å². The molecule has 1 heterocycles. The number of nitrogens with one attached hydrogen (secondary N) is 1. The molecule has 0 amide bonds. The van der Waals surface area contributed by atoms with Crippen molar-refractivity contribution < 1.29 is 23.0 Å². The second kappa shape index (κ2) is 7.50. The predicted octanol–water partition coefficient (Wildman–Crippen LogP) is 5.59. The maximum absolute atomic E-state index is 12.1. The van der Waals surface area contributed by atoms with Gasteiger partial charge in [0, 0.05) is 5.39 Å². The Balaban J connectivity index is 1.73. The zero-order chi connectivity index (χ0) is 19.6. The number of halogens is 5. The molecule has 0 spiro atoms. The molecule has 2 N–H and O–H groups in total. The molecule has 27 heavy (non-hydrogen) atoms. The summed E-state index contributed by atoms with van der Waals surface area (Å²) in [5.41, 5.74) is 3.40. The molecule has 10 heteroatoms. The molecule has 0 saturated carbocycles. The van der Waals surface area contributed by atoms with E-state index in [1.807, 2.05) is 0 Å². The van der Waals surface area contributed by atoms with E-state index >= 15 is 0 Å². The SMILES string of the molecule is Oc1c(Cl)cc(Cl)c2ccc(NN=Cc3ccc(OC(F)(F)F)cc3)nc12. The number of ether oxygens (including phenoxy) is 1. The van der Waals surface area contributed by atoms with Gasteiger partial charge in [0.05, 0.1) is 16.3 Å². The van der Waals surface area contributed by atoms with Gasteiger partial charge in [-0.25, -0.2) is 4.98 Å². The number of aromatic nitrogens is 1. The number of aromatic hydroxyl groups is 1. The quantitative estimate of drug-likeness (QED) is 0.430. The molecule has 0 fully saturated rings. The van der Waals surface area contributed by atoms with Crippen LogP contribution in [-0.2, 0) is 0 Å². The standard InChI is InChI=1S/C17H10Cl2F3N3O2/c18-12-7-13(19)16(26)15-11(12)5-6-14(24-15)25-23-8-9-1-3-10(4-2-9)27-17(20,21)22/h1-8,26H,(H,24,25). The molecule has 0 saturated heterocycles. The maximum atomic E-state index is 12.1. The molecule has 5 nitrogen and oxygen atoms in total. The van der Waals surface area contributed by atoms with E-state index < -0.39 is 6.36 Å². The second-order valence-corrected chi connectivity index (χ2v) is 6.08. The molecule has 0 aliphatic carbocycles. The van der Waals surface area contributed by atoms with Crippen LogP contribution in [0.3, 0.4) is 0 Å². The molecule has 0 aliphatic rings. The molecule has 0 bridgehead atoms. The topological polar surface area (TPSA) is 66.7 Å². The summed E-state index contributed by atoms with van der Waals surface area (Å²) in [4.78, 5) is 4.19. The number of pyridine rings is 1. The molecule has 3 rings (SSSR count). The van der Waals surface area contributed by atoms with Crippen LogP contribution in [0.5, 0.6) is 11.5 Å². The molecule has 0 aliphatic heterocycles. The number of anilines is 1. The fourth-order valence-electron chi connectivity index (χ4n) is 2.19. The third-order valence-electron chi connectivity index (χ3n) is 3.36. The Morgan fingerprint density at radius 3 is 2.44 bits per heavy atom. The highest BCUT2D eigenvalue weighted by Gasteiger charge is 2.30. The number of hydrogen-bond donors (Lipinski definition) is 2. The lowest BCUT2D eigenvalue weighted by Gasteiger charge is -2.08. The van der Waals surface area contributed by atoms with Gasteiger partial charge in [-0.1, -0.05) is 23.2 Å². The highest BCUT2D eigenvalue weighted by atomic mass is 35.5. The second-order valence-electron chi connectivity index (χ2n) is 5.27. The largest absolute Gasteiger partial charge is 0.573 e. The third kappa shape index (κ3) is 4.72. The van der Waals surface area contributed by atoms with Gasteiger partial charge in [0.25, 0.3) is 0 Å². The van der Waals surface area contributed by atoms with Crippen LogP contribution in [0.1, 0.15) is 5.56 Å². The third-order valence-corrected chi connectivity index (χ3v) is 3.96. The van der Waals surface area contributed by atoms with Crippen LogP contribution >= 0.6 is 23.2 Å². The number of alkyl halides is 3. The molecular weight excluding hydrogens is 406 g/mol. The van der Waals surface area contributed by atoms with E-state index in [4.69, 9.17) is 23.2 Å². The molecule has 2 aromatic carbocycles. The van der Waals surface area contributed by atoms with Crippen molar-refractivity contribution in [1.29, 1.82) is 0 Å². The Morgan fingerprint density at radius 1 is 1.07 bits per heavy atom. The minimum atomic E-state index is -4.74. The van der Waals surface area contributed by atoms with Crippen molar-refractivity contribution in [3.8, 4) is 11.5 Å². The summed E-state index contributed by atoms with van der Waals surface area (Å²) in [6.45, 7) is 0. The highest BCUT2D eigenvalue weighted by molar-refractivity contribution is 6.39. The van der Waals surface area contributed by atoms with Crippen LogP contribution in [0.15, 0.2) is 47.6 Å². The number of phenols is 1. The molecule has 3 aromatic rings. The smallest absolute Gasteiger partial charge is 0.504 e. The van der Waals surface area contributed by atoms with E-state index in [1.54, 1.807) is 12.1 Å². The van der Waals surface area contributed by atoms with Gasteiger partial charge < -0.3 is 9.84 Å². The molecular formula is C17H10Cl2F3N3O2. The minimum absolute atomic E-state index is 0.0711. The van der Waals surface area contributed by atoms with Crippen molar-refractivity contribution in [2.24, 2.45) is 5.10 Å². The number of benzene rings is 2. The monoisotopic (exact) mass is 415 g/mol. The number of nitrogens with zero attached hydrogens (tertiary/aromatic N) is 2. The average Bonchev–Trinajstić information content (AvgIpc) is 2.60. The molecule has 140 valence electrons. The van der Waals surface area contributed by atoms with E-state index in [-0.39, 0.29) is 22.0 Å². The molecule has 1 aromatic heterocycles. The van der Waals surface area contributed by atoms with Gasteiger partial charge in [-0.3, -0.25) is 5.43 Å². The summed E-state index contributed by atoms with van der Waals surface area (Å²) >= 11 is 11.9. The molecule has 0 unspecified atom stereocenters. The Morgan fingerprint density at radius 2 is 1.78 bits per heavy atom. The molecule has 0 radical (unpaired) electrons. The molecule has 0 atom stereocenters. The zero-order valence-corrected chi connectivity index (χ0v) is 14.8. The Hall–Kier alpha value is -2.71. The number of hydrazone groups is 1. The number of fused-ring (bicyclic) bond motifs is 1. The number of hydrogen-bond acceptors (Lipinski definition) is 5. The maximum Gasteiger partial charge on any atom is 0.573 e. The lowest BCUT2D eigenvalue weighted by Crippen LogP contribution is -2.17. The van der Waals surface area contributed by atoms with Crippen LogP contribution < -0.4 is 10.2 Å². The van der Waals surface area contributed by atoms with Gasteiger partial charge >= 0.3 is 6.36 Å². The summed E-state index contributed by atoms with van der Waals surface area (Å²) in [6, 6.07) is 9.81. The van der Waals surface area contributed by atoms with E-state index in [0.29, 0.717) is 21.8 Å². The summed E-state index contributed by atoms with van der Waals surface area (Å²) < 4.78 is 40.2. The van der Waals surface area contributed by atoms with Crippen LogP contribution in [-0.4, -0.2) is 22.7 Å². The van der Waals surface area contributed by atoms with Gasteiger partial charge in [-0.05, 0) is 48.0 Å². The first-order valence-electron chi connectivity index (χ1n) is 7.35. The lowest BCUT2D eigenvalue weighted by molar-refractivity contribution is -0.274. The summed E-state index contributed by atoms with van der Waals surface area (Å²) in [5.74, 6) is -0.221. The highest BCUT2D eigenvalue weighted by Crippen LogP contribution is 2.36. The average molecular weight is 416 g/mol. The van der Waals surface area contributed by atoms with Gasteiger partial charge in [0.1, 0.15) is 17.1 Å². The fourth-order valence-corrected chi connectivity index (χ4v) is 2.71. The van der Waals surface area contributed by atoms with Crippen molar-refractivity contribution in [3.05, 3.63) is 58.1 Å². The predicted molar refractivity (Wildman–Crippen MR) is 97.8 cm³/mol. The Kier molecular flexibility index (Phi) is 5.29. The van der Waals surface area contributed by atoms with Crippen LogP contribution in [0, 0.1) is 0 Å². The zero-order valence-electron chi connectivity index (χ0n) is 13.3. The normalized spacial score (nSPS) is 11.9. The van der Waals surface area contributed by atoms with Gasteiger partial charge in [0.2, 0.25) is 0 Å². The van der Waals surface area contributed by atoms with E-state index in [1.165, 1.54) is 36.5 Å². The van der Waals surface area contributed by atoms with Gasteiger partial charge in [-0.15, -0.1) is 13.2 Å². The summed E-state index contributed by atoms with van der Waals surface area (Å²) in [7, 11) is 0. The van der Waals surface area contributed by atoms with Crippen molar-refractivity contribution in [1.82, 2.24) is 4.98 Å². The summed E-state index contributed by atoms with van der Waals surface area (Å²) in [6.07, 6.45) is -3.36. The Bertz CT molecular complexity index is 1010. The number of phenolic OH excluding ortho intramolecular Hbond substituents is 1. The van der Waals surface area contributed by atoms with E-state index in [0.717, 1.165) is 0 Å². The van der Waals surface area contributed by atoms with Crippen LogP contribution in [0.2, 0.25) is 10.0 Å². The van der Waals surface area contributed by atoms with Crippen molar-refractivity contribution in [2.45, 2.75) is 6.36 Å². The lowest BCUT2D eigenvalue weighted by atomic mass is 10.2. The van der Waals surface area contributed by atoms with Crippen molar-refractivity contribution in [3.63, 3.8) is 0 Å². The van der Waals surface area contributed by atoms with Crippen LogP contribution in [0.25, 0.3) is 10.9 Å². The summed E-state index contributed by atoms with van der Waals surface area (Å²) in [5, 5.41) is 14.9. The first-order chi connectivity index (χ1) is 12.7. The fraction of sp³-hybridized carbons (Fsp3) is 0.0588. The van der Waals surface area contributed by atoms with Crippen molar-refractivity contribution in [2.75, 3.05) is 5.43 Å². The first-order valence-corrected chi connectivity index (χ1v) is 8.11. The van der Waals surface area contributed by atoms with Crippen LogP contribution in [0.4, 0.5) is 19.0 Å². The minimum Gasteiger partial charge on any atom is -0.504 e. The number of rotatable bonds is 4. The Labute approximate surface area is 161 Å². The van der Waals surface area contributed by atoms with E-state index in [9.17, 15) is 18.3 Å².